The number of benzene rings is 1. The zero-order valence-electron chi connectivity index (χ0n) is 14.8. The summed E-state index contributed by atoms with van der Waals surface area (Å²) < 4.78 is 5.67. The second-order valence-corrected chi connectivity index (χ2v) is 7.36. The molecule has 2 aliphatic rings. The van der Waals surface area contributed by atoms with Crippen molar-refractivity contribution in [1.82, 2.24) is 4.90 Å². The zero-order valence-corrected chi connectivity index (χ0v) is 14.8. The molecular formula is C20H30N2O2. The van der Waals surface area contributed by atoms with Crippen LogP contribution in [0.25, 0.3) is 0 Å². The van der Waals surface area contributed by atoms with Crippen LogP contribution in [-0.2, 0) is 4.79 Å². The Bertz CT molecular complexity index is 515. The van der Waals surface area contributed by atoms with Crippen molar-refractivity contribution in [3.8, 4) is 5.75 Å². The van der Waals surface area contributed by atoms with Crippen molar-refractivity contribution < 1.29 is 9.53 Å². The number of nitrogens with one attached hydrogen (secondary N) is 1. The van der Waals surface area contributed by atoms with Crippen LogP contribution in [0.2, 0.25) is 0 Å². The third-order valence-corrected chi connectivity index (χ3v) is 5.33. The minimum atomic E-state index is 0.103. The summed E-state index contributed by atoms with van der Waals surface area (Å²) in [5.41, 5.74) is 1.14. The molecule has 1 aliphatic carbocycles. The van der Waals surface area contributed by atoms with Gasteiger partial charge in [0.05, 0.1) is 0 Å². The number of hydrogen-bond acceptors (Lipinski definition) is 3. The molecule has 1 amide bonds. The summed E-state index contributed by atoms with van der Waals surface area (Å²) in [6.07, 6.45) is 8.77. The van der Waals surface area contributed by atoms with E-state index in [1.165, 1.54) is 32.1 Å². The summed E-state index contributed by atoms with van der Waals surface area (Å²) in [7, 11) is 0. The van der Waals surface area contributed by atoms with Gasteiger partial charge in [0.15, 0.2) is 6.61 Å². The Hall–Kier alpha value is -1.71. The molecule has 1 heterocycles. The van der Waals surface area contributed by atoms with Crippen LogP contribution in [-0.4, -0.2) is 36.5 Å². The molecule has 3 rings (SSSR count). The van der Waals surface area contributed by atoms with E-state index >= 15 is 0 Å². The molecule has 4 heteroatoms. The standard InChI is InChI=1S/C20H30N2O2/c1-16-11-13-22(14-12-16)20(23)15-24-19-9-7-18(8-10-19)21-17-5-3-2-4-6-17/h7-10,16-17,21H,2-6,11-15H2,1H3. The van der Waals surface area contributed by atoms with E-state index in [-0.39, 0.29) is 12.5 Å². The summed E-state index contributed by atoms with van der Waals surface area (Å²) >= 11 is 0. The Labute approximate surface area is 145 Å². The Kier molecular flexibility index (Phi) is 6.00. The van der Waals surface area contributed by atoms with Crippen molar-refractivity contribution in [2.75, 3.05) is 25.0 Å². The number of nitrogens with zero attached hydrogens (tertiary/aromatic N) is 1. The molecule has 1 saturated carbocycles. The summed E-state index contributed by atoms with van der Waals surface area (Å²) in [5, 5.41) is 3.60. The molecule has 4 nitrogen and oxygen atoms in total. The Morgan fingerprint density at radius 3 is 2.42 bits per heavy atom. The lowest BCUT2D eigenvalue weighted by molar-refractivity contribution is -0.134. The Morgan fingerprint density at radius 1 is 1.08 bits per heavy atom. The average Bonchev–Trinajstić information content (AvgIpc) is 2.62. The van der Waals surface area contributed by atoms with Crippen LogP contribution < -0.4 is 10.1 Å². The number of anilines is 1. The lowest BCUT2D eigenvalue weighted by Gasteiger charge is -2.30. The highest BCUT2D eigenvalue weighted by Gasteiger charge is 2.20. The Morgan fingerprint density at radius 2 is 1.75 bits per heavy atom. The van der Waals surface area contributed by atoms with E-state index in [4.69, 9.17) is 4.74 Å². The van der Waals surface area contributed by atoms with Crippen molar-refractivity contribution in [2.45, 2.75) is 57.9 Å². The normalized spacial score (nSPS) is 20.0. The first kappa shape index (κ1) is 17.1. The van der Waals surface area contributed by atoms with Gasteiger partial charge in [0.25, 0.3) is 5.91 Å². The minimum absolute atomic E-state index is 0.103. The fourth-order valence-corrected chi connectivity index (χ4v) is 3.62. The van der Waals surface area contributed by atoms with E-state index < -0.39 is 0 Å². The summed E-state index contributed by atoms with van der Waals surface area (Å²) in [4.78, 5) is 14.1. The number of ether oxygens (including phenoxy) is 1. The van der Waals surface area contributed by atoms with E-state index in [0.717, 1.165) is 43.3 Å². The molecule has 0 bridgehead atoms. The van der Waals surface area contributed by atoms with Crippen molar-refractivity contribution in [1.29, 1.82) is 0 Å². The van der Waals surface area contributed by atoms with E-state index in [9.17, 15) is 4.79 Å². The summed E-state index contributed by atoms with van der Waals surface area (Å²) in [5.74, 6) is 1.61. The third-order valence-electron chi connectivity index (χ3n) is 5.33. The van der Waals surface area contributed by atoms with Crippen molar-refractivity contribution in [3.63, 3.8) is 0 Å². The molecule has 0 aromatic heterocycles. The van der Waals surface area contributed by atoms with Crippen LogP contribution >= 0.6 is 0 Å². The summed E-state index contributed by atoms with van der Waals surface area (Å²) in [6.45, 7) is 4.13. The van der Waals surface area contributed by atoms with Gasteiger partial charge in [0.1, 0.15) is 5.75 Å². The second-order valence-electron chi connectivity index (χ2n) is 7.36. The molecule has 1 aromatic carbocycles. The third kappa shape index (κ3) is 4.89. The van der Waals surface area contributed by atoms with Gasteiger partial charge in [-0.25, -0.2) is 0 Å². The lowest BCUT2D eigenvalue weighted by Crippen LogP contribution is -2.40. The summed E-state index contributed by atoms with van der Waals surface area (Å²) in [6, 6.07) is 8.62. The molecule has 132 valence electrons. The molecule has 0 radical (unpaired) electrons. The van der Waals surface area contributed by atoms with Gasteiger partial charge in [-0.05, 0) is 55.9 Å². The van der Waals surface area contributed by atoms with Crippen LogP contribution in [0.5, 0.6) is 5.75 Å². The smallest absolute Gasteiger partial charge is 0.260 e. The van der Waals surface area contributed by atoms with Crippen LogP contribution in [0.15, 0.2) is 24.3 Å². The number of carbonyl (C=O) groups excluding carboxylic acids is 1. The van der Waals surface area contributed by atoms with Gasteiger partial charge < -0.3 is 15.0 Å². The minimum Gasteiger partial charge on any atom is -0.484 e. The van der Waals surface area contributed by atoms with Gasteiger partial charge in [-0.1, -0.05) is 26.2 Å². The highest BCUT2D eigenvalue weighted by molar-refractivity contribution is 5.77. The van der Waals surface area contributed by atoms with Gasteiger partial charge >= 0.3 is 0 Å². The monoisotopic (exact) mass is 330 g/mol. The van der Waals surface area contributed by atoms with E-state index in [0.29, 0.717) is 6.04 Å². The molecule has 1 aromatic rings. The first-order valence-electron chi connectivity index (χ1n) is 9.48. The van der Waals surface area contributed by atoms with Crippen LogP contribution in [0.3, 0.4) is 0 Å². The molecule has 2 fully saturated rings. The predicted octanol–water partition coefficient (Wildman–Crippen LogP) is 4.07. The zero-order chi connectivity index (χ0) is 16.8. The molecule has 1 saturated heterocycles. The largest absolute Gasteiger partial charge is 0.484 e. The van der Waals surface area contributed by atoms with Crippen molar-refractivity contribution >= 4 is 11.6 Å². The van der Waals surface area contributed by atoms with E-state index in [1.54, 1.807) is 0 Å². The molecule has 24 heavy (non-hydrogen) atoms. The highest BCUT2D eigenvalue weighted by atomic mass is 16.5. The van der Waals surface area contributed by atoms with Crippen LogP contribution in [0, 0.1) is 5.92 Å². The van der Waals surface area contributed by atoms with E-state index in [1.807, 2.05) is 17.0 Å². The number of likely N-dealkylation sites (tertiary alicyclic amines) is 1. The van der Waals surface area contributed by atoms with Crippen molar-refractivity contribution in [2.24, 2.45) is 5.92 Å². The maximum absolute atomic E-state index is 12.2. The molecule has 0 atom stereocenters. The first-order chi connectivity index (χ1) is 11.7. The predicted molar refractivity (Wildman–Crippen MR) is 97.4 cm³/mol. The number of hydrogen-bond donors (Lipinski definition) is 1. The fourth-order valence-electron chi connectivity index (χ4n) is 3.62. The first-order valence-corrected chi connectivity index (χ1v) is 9.48. The average molecular weight is 330 g/mol. The van der Waals surface area contributed by atoms with Crippen molar-refractivity contribution in [3.05, 3.63) is 24.3 Å². The van der Waals surface area contributed by atoms with E-state index in [2.05, 4.69) is 24.4 Å². The van der Waals surface area contributed by atoms with Gasteiger partial charge in [-0.15, -0.1) is 0 Å². The van der Waals surface area contributed by atoms with Gasteiger partial charge in [-0.2, -0.15) is 0 Å². The quantitative estimate of drug-likeness (QED) is 0.885. The van der Waals surface area contributed by atoms with Crippen LogP contribution in [0.4, 0.5) is 5.69 Å². The maximum Gasteiger partial charge on any atom is 0.260 e. The number of rotatable bonds is 5. The maximum atomic E-state index is 12.2. The van der Waals surface area contributed by atoms with Gasteiger partial charge in [0, 0.05) is 24.8 Å². The van der Waals surface area contributed by atoms with Gasteiger partial charge in [-0.3, -0.25) is 4.79 Å². The second kappa shape index (κ2) is 8.41. The van der Waals surface area contributed by atoms with Crippen LogP contribution in [0.1, 0.15) is 51.9 Å². The lowest BCUT2D eigenvalue weighted by atomic mass is 9.95. The molecule has 1 aliphatic heterocycles. The number of piperidine rings is 1. The molecule has 0 unspecified atom stereocenters. The molecule has 0 spiro atoms. The SMILES string of the molecule is CC1CCN(C(=O)COc2ccc(NC3CCCCC3)cc2)CC1. The molecule has 1 N–H and O–H groups in total. The highest BCUT2D eigenvalue weighted by Crippen LogP contribution is 2.23. The molecular weight excluding hydrogens is 300 g/mol. The Balaban J connectivity index is 1.43. The number of carbonyl (C=O) groups is 1. The number of amides is 1. The van der Waals surface area contributed by atoms with Gasteiger partial charge in [0.2, 0.25) is 0 Å². The fraction of sp³-hybridized carbons (Fsp3) is 0.650. The topological polar surface area (TPSA) is 41.6 Å².